The summed E-state index contributed by atoms with van der Waals surface area (Å²) in [4.78, 5) is 4.39. The Bertz CT molecular complexity index is 862. The summed E-state index contributed by atoms with van der Waals surface area (Å²) >= 11 is 12.2. The van der Waals surface area contributed by atoms with Crippen LogP contribution in [0.2, 0.25) is 10.0 Å². The third kappa shape index (κ3) is 2.99. The van der Waals surface area contributed by atoms with Crippen LogP contribution in [0.4, 0.5) is 0 Å². The molecule has 0 fully saturated rings. The number of hydrogen-bond acceptors (Lipinski definition) is 2. The van der Waals surface area contributed by atoms with Gasteiger partial charge < -0.3 is 4.57 Å². The van der Waals surface area contributed by atoms with Crippen molar-refractivity contribution in [3.05, 3.63) is 76.0 Å². The lowest BCUT2D eigenvalue weighted by Crippen LogP contribution is -2.01. The van der Waals surface area contributed by atoms with Crippen LogP contribution in [0.15, 0.2) is 54.9 Å². The number of nitriles is 1. The Morgan fingerprint density at radius 1 is 1.14 bits per heavy atom. The fourth-order valence-corrected chi connectivity index (χ4v) is 2.78. The van der Waals surface area contributed by atoms with Gasteiger partial charge in [0.15, 0.2) is 0 Å². The van der Waals surface area contributed by atoms with Gasteiger partial charge in [-0.1, -0.05) is 35.3 Å². The quantitative estimate of drug-likeness (QED) is 0.694. The van der Waals surface area contributed by atoms with Gasteiger partial charge in [0.1, 0.15) is 5.82 Å². The average molecular weight is 328 g/mol. The van der Waals surface area contributed by atoms with Crippen LogP contribution in [0.25, 0.3) is 11.4 Å². The minimum atomic E-state index is 0.561. The largest absolute Gasteiger partial charge is 0.327 e. The number of imidazole rings is 1. The molecule has 0 saturated heterocycles. The van der Waals surface area contributed by atoms with Crippen LogP contribution in [0, 0.1) is 11.3 Å². The highest BCUT2D eigenvalue weighted by atomic mass is 35.5. The van der Waals surface area contributed by atoms with Crippen LogP contribution < -0.4 is 0 Å². The first-order valence-electron chi connectivity index (χ1n) is 6.63. The van der Waals surface area contributed by atoms with E-state index in [1.807, 2.05) is 35.0 Å². The van der Waals surface area contributed by atoms with E-state index in [9.17, 15) is 0 Å². The van der Waals surface area contributed by atoms with E-state index in [0.29, 0.717) is 22.2 Å². The van der Waals surface area contributed by atoms with Crippen molar-refractivity contribution in [2.24, 2.45) is 0 Å². The summed E-state index contributed by atoms with van der Waals surface area (Å²) in [6.45, 7) is 0.615. The van der Waals surface area contributed by atoms with Crippen LogP contribution >= 0.6 is 23.2 Å². The maximum absolute atomic E-state index is 8.98. The lowest BCUT2D eigenvalue weighted by molar-refractivity contribution is 0.807. The molecule has 0 unspecified atom stereocenters. The van der Waals surface area contributed by atoms with Gasteiger partial charge in [0.05, 0.1) is 16.7 Å². The maximum atomic E-state index is 8.98. The normalized spacial score (nSPS) is 10.4. The third-order valence-corrected chi connectivity index (χ3v) is 3.84. The number of aromatic nitrogens is 2. The predicted octanol–water partition coefficient (Wildman–Crippen LogP) is 4.78. The minimum Gasteiger partial charge on any atom is -0.327 e. The molecular formula is C17H11Cl2N3. The topological polar surface area (TPSA) is 41.6 Å². The first-order chi connectivity index (χ1) is 10.7. The molecule has 1 aromatic heterocycles. The molecule has 22 heavy (non-hydrogen) atoms. The monoisotopic (exact) mass is 327 g/mol. The van der Waals surface area contributed by atoms with E-state index < -0.39 is 0 Å². The van der Waals surface area contributed by atoms with Gasteiger partial charge in [-0.05, 0) is 35.9 Å². The molecule has 0 atom stereocenters. The van der Waals surface area contributed by atoms with E-state index in [1.54, 1.807) is 24.4 Å². The predicted molar refractivity (Wildman–Crippen MR) is 87.9 cm³/mol. The molecule has 1 heterocycles. The van der Waals surface area contributed by atoms with Crippen molar-refractivity contribution in [1.82, 2.24) is 9.55 Å². The molecule has 0 amide bonds. The zero-order valence-corrected chi connectivity index (χ0v) is 13.0. The number of benzene rings is 2. The van der Waals surface area contributed by atoms with Crippen molar-refractivity contribution in [3.63, 3.8) is 0 Å². The highest BCUT2D eigenvalue weighted by Gasteiger charge is 2.11. The molecule has 0 saturated carbocycles. The van der Waals surface area contributed by atoms with Gasteiger partial charge >= 0.3 is 0 Å². The lowest BCUT2D eigenvalue weighted by atomic mass is 10.1. The van der Waals surface area contributed by atoms with E-state index in [-0.39, 0.29) is 0 Å². The summed E-state index contributed by atoms with van der Waals surface area (Å²) < 4.78 is 1.99. The Balaban J connectivity index is 1.97. The van der Waals surface area contributed by atoms with Crippen LogP contribution in [0.5, 0.6) is 0 Å². The van der Waals surface area contributed by atoms with Gasteiger partial charge in [0.2, 0.25) is 0 Å². The van der Waals surface area contributed by atoms with E-state index in [2.05, 4.69) is 11.1 Å². The zero-order chi connectivity index (χ0) is 15.5. The van der Waals surface area contributed by atoms with Gasteiger partial charge in [-0.2, -0.15) is 5.26 Å². The molecule has 5 heteroatoms. The summed E-state index contributed by atoms with van der Waals surface area (Å²) in [5, 5.41) is 10.1. The molecule has 0 bridgehead atoms. The van der Waals surface area contributed by atoms with Crippen molar-refractivity contribution >= 4 is 23.2 Å². The van der Waals surface area contributed by atoms with Gasteiger partial charge in [-0.15, -0.1) is 0 Å². The maximum Gasteiger partial charge on any atom is 0.141 e. The summed E-state index contributed by atoms with van der Waals surface area (Å²) in [5.41, 5.74) is 2.50. The number of nitrogens with zero attached hydrogens (tertiary/aromatic N) is 3. The Hall–Kier alpha value is -2.28. The molecule has 0 aliphatic carbocycles. The smallest absolute Gasteiger partial charge is 0.141 e. The SMILES string of the molecule is N#Cc1cccc(Cn2ccnc2-c2ccc(Cl)cc2Cl)c1. The minimum absolute atomic E-state index is 0.561. The summed E-state index contributed by atoms with van der Waals surface area (Å²) in [7, 11) is 0. The highest BCUT2D eigenvalue weighted by molar-refractivity contribution is 6.36. The zero-order valence-electron chi connectivity index (χ0n) is 11.5. The van der Waals surface area contributed by atoms with Crippen molar-refractivity contribution in [2.75, 3.05) is 0 Å². The first kappa shape index (κ1) is 14.6. The highest BCUT2D eigenvalue weighted by Crippen LogP contribution is 2.29. The molecule has 0 N–H and O–H groups in total. The number of hydrogen-bond donors (Lipinski definition) is 0. The molecule has 3 rings (SSSR count). The Morgan fingerprint density at radius 3 is 2.77 bits per heavy atom. The molecule has 2 aromatic carbocycles. The third-order valence-electron chi connectivity index (χ3n) is 3.30. The van der Waals surface area contributed by atoms with Crippen molar-refractivity contribution < 1.29 is 0 Å². The number of halogens is 2. The molecule has 0 spiro atoms. The van der Waals surface area contributed by atoms with Gasteiger partial charge in [-0.25, -0.2) is 4.98 Å². The Morgan fingerprint density at radius 2 is 2.00 bits per heavy atom. The second-order valence-electron chi connectivity index (χ2n) is 4.82. The number of rotatable bonds is 3. The van der Waals surface area contributed by atoms with Gasteiger partial charge in [0.25, 0.3) is 0 Å². The lowest BCUT2D eigenvalue weighted by Gasteiger charge is -2.10. The van der Waals surface area contributed by atoms with Crippen LogP contribution in [-0.4, -0.2) is 9.55 Å². The second kappa shape index (κ2) is 6.23. The molecule has 0 aliphatic rings. The first-order valence-corrected chi connectivity index (χ1v) is 7.38. The van der Waals surface area contributed by atoms with E-state index in [1.165, 1.54) is 0 Å². The van der Waals surface area contributed by atoms with E-state index in [0.717, 1.165) is 17.0 Å². The van der Waals surface area contributed by atoms with Crippen molar-refractivity contribution in [2.45, 2.75) is 6.54 Å². The van der Waals surface area contributed by atoms with Crippen molar-refractivity contribution in [3.8, 4) is 17.5 Å². The molecule has 3 aromatic rings. The second-order valence-corrected chi connectivity index (χ2v) is 5.66. The van der Waals surface area contributed by atoms with Crippen molar-refractivity contribution in [1.29, 1.82) is 5.26 Å². The molecular weight excluding hydrogens is 317 g/mol. The van der Waals surface area contributed by atoms with Gasteiger partial charge in [-0.3, -0.25) is 0 Å². The van der Waals surface area contributed by atoms with Crippen LogP contribution in [0.3, 0.4) is 0 Å². The summed E-state index contributed by atoms with van der Waals surface area (Å²) in [5.74, 6) is 0.768. The fraction of sp³-hybridized carbons (Fsp3) is 0.0588. The van der Waals surface area contributed by atoms with E-state index >= 15 is 0 Å². The van der Waals surface area contributed by atoms with Crippen LogP contribution in [-0.2, 0) is 6.54 Å². The Kier molecular flexibility index (Phi) is 4.15. The molecule has 108 valence electrons. The van der Waals surface area contributed by atoms with Gasteiger partial charge in [0, 0.05) is 29.5 Å². The van der Waals surface area contributed by atoms with E-state index in [4.69, 9.17) is 28.5 Å². The summed E-state index contributed by atoms with van der Waals surface area (Å²) in [6, 6.07) is 15.0. The fourth-order valence-electron chi connectivity index (χ4n) is 2.29. The Labute approximate surface area is 138 Å². The molecule has 3 nitrogen and oxygen atoms in total. The van der Waals surface area contributed by atoms with Crippen LogP contribution in [0.1, 0.15) is 11.1 Å². The standard InChI is InChI=1S/C17H11Cl2N3/c18-14-4-5-15(16(19)9-14)17-21-6-7-22(17)11-13-3-1-2-12(8-13)10-20/h1-9H,11H2. The molecule has 0 radical (unpaired) electrons. The average Bonchev–Trinajstić information content (AvgIpc) is 2.95. The molecule has 0 aliphatic heterocycles. The summed E-state index contributed by atoms with van der Waals surface area (Å²) in [6.07, 6.45) is 3.62.